The van der Waals surface area contributed by atoms with Crippen molar-refractivity contribution in [1.82, 2.24) is 4.72 Å². The molecule has 1 fully saturated rings. The van der Waals surface area contributed by atoms with Crippen LogP contribution in [0.1, 0.15) is 27.7 Å². The molecule has 1 aliphatic rings. The van der Waals surface area contributed by atoms with Crippen LogP contribution in [-0.4, -0.2) is 19.9 Å². The molecule has 1 heterocycles. The first kappa shape index (κ1) is 16.7. The largest absolute Gasteiger partial charge is 0.300 e. The van der Waals surface area contributed by atoms with Crippen molar-refractivity contribution in [2.45, 2.75) is 31.9 Å². The van der Waals surface area contributed by atoms with Gasteiger partial charge in [0.15, 0.2) is 4.34 Å². The summed E-state index contributed by atoms with van der Waals surface area (Å²) in [5.41, 5.74) is -0.252. The summed E-state index contributed by atoms with van der Waals surface area (Å²) in [5.74, 6) is 0.227. The van der Waals surface area contributed by atoms with E-state index in [1.165, 1.54) is 0 Å². The Morgan fingerprint density at radius 3 is 2.29 bits per heavy atom. The second-order valence-electron chi connectivity index (χ2n) is 6.33. The summed E-state index contributed by atoms with van der Waals surface area (Å²) in [6, 6.07) is 0.999. The zero-order valence-electron chi connectivity index (χ0n) is 12.1. The van der Waals surface area contributed by atoms with Gasteiger partial charge in [0.05, 0.1) is 4.92 Å². The van der Waals surface area contributed by atoms with Crippen molar-refractivity contribution < 1.29 is 13.3 Å². The number of thiophene rings is 1. The molecule has 1 aliphatic carbocycles. The molecule has 0 radical (unpaired) electrons. The molecule has 1 saturated carbocycles. The molecule has 0 spiro atoms. The lowest BCUT2D eigenvalue weighted by Gasteiger charge is -2.05. The monoisotopic (exact) mass is 352 g/mol. The van der Waals surface area contributed by atoms with Crippen LogP contribution in [0, 0.1) is 26.9 Å². The van der Waals surface area contributed by atoms with E-state index in [1.54, 1.807) is 0 Å². The molecule has 0 aromatic carbocycles. The summed E-state index contributed by atoms with van der Waals surface area (Å²) in [5, 5.41) is 10.7. The number of hydrogen-bond donors (Lipinski definition) is 1. The van der Waals surface area contributed by atoms with Gasteiger partial charge in [0, 0.05) is 12.6 Å². The minimum Gasteiger partial charge on any atom is -0.258 e. The standard InChI is InChI=1S/C12H17ClN2O4S2/c1-11(2)8(12(11,3)4)6-14-21(18,19)9-5-7(15(16)17)10(13)20-9/h5,8,14H,6H2,1-4H3. The molecule has 0 bridgehead atoms. The second-order valence-corrected chi connectivity index (χ2v) is 9.98. The van der Waals surface area contributed by atoms with Crippen molar-refractivity contribution in [2.24, 2.45) is 16.7 Å². The first-order chi connectivity index (χ1) is 9.41. The Balaban J connectivity index is 2.14. The summed E-state index contributed by atoms with van der Waals surface area (Å²) in [7, 11) is -3.77. The quantitative estimate of drug-likeness (QED) is 0.650. The smallest absolute Gasteiger partial charge is 0.258 e. The van der Waals surface area contributed by atoms with Crippen molar-refractivity contribution in [2.75, 3.05) is 6.54 Å². The molecule has 0 aliphatic heterocycles. The molecule has 1 aromatic heterocycles. The van der Waals surface area contributed by atoms with E-state index in [9.17, 15) is 18.5 Å². The third-order valence-electron chi connectivity index (χ3n) is 4.90. The molecule has 0 atom stereocenters. The normalized spacial score (nSPS) is 20.4. The maximum Gasteiger partial charge on any atom is 0.300 e. The summed E-state index contributed by atoms with van der Waals surface area (Å²) in [6.07, 6.45) is 0. The molecule has 2 rings (SSSR count). The highest BCUT2D eigenvalue weighted by molar-refractivity contribution is 7.91. The van der Waals surface area contributed by atoms with E-state index in [-0.39, 0.29) is 31.0 Å². The molecule has 9 heteroatoms. The first-order valence-corrected chi connectivity index (χ1v) is 9.02. The second kappa shape index (κ2) is 4.91. The third kappa shape index (κ3) is 2.69. The number of sulfonamides is 1. The van der Waals surface area contributed by atoms with Crippen LogP contribution in [0.2, 0.25) is 4.34 Å². The van der Waals surface area contributed by atoms with E-state index >= 15 is 0 Å². The maximum absolute atomic E-state index is 12.2. The number of halogens is 1. The van der Waals surface area contributed by atoms with Gasteiger partial charge in [-0.2, -0.15) is 0 Å². The fourth-order valence-corrected chi connectivity index (χ4v) is 5.46. The number of nitro groups is 1. The highest BCUT2D eigenvalue weighted by Crippen LogP contribution is 2.68. The van der Waals surface area contributed by atoms with Gasteiger partial charge in [0.1, 0.15) is 4.21 Å². The maximum atomic E-state index is 12.2. The van der Waals surface area contributed by atoms with Gasteiger partial charge in [-0.25, -0.2) is 13.1 Å². The summed E-state index contributed by atoms with van der Waals surface area (Å²) in [4.78, 5) is 10.0. The molecule has 21 heavy (non-hydrogen) atoms. The molecule has 1 N–H and O–H groups in total. The van der Waals surface area contributed by atoms with Crippen LogP contribution in [0.4, 0.5) is 5.69 Å². The Kier molecular flexibility index (Phi) is 3.89. The van der Waals surface area contributed by atoms with Gasteiger partial charge >= 0.3 is 0 Å². The van der Waals surface area contributed by atoms with Crippen LogP contribution >= 0.6 is 22.9 Å². The minimum absolute atomic E-state index is 0.0641. The van der Waals surface area contributed by atoms with Gasteiger partial charge in [-0.05, 0) is 16.7 Å². The molecule has 1 aromatic rings. The van der Waals surface area contributed by atoms with E-state index in [1.807, 2.05) is 0 Å². The Morgan fingerprint density at radius 1 is 1.38 bits per heavy atom. The molecular formula is C12H17ClN2O4S2. The molecular weight excluding hydrogens is 336 g/mol. The lowest BCUT2D eigenvalue weighted by Crippen LogP contribution is -2.26. The average molecular weight is 353 g/mol. The predicted molar refractivity (Wildman–Crippen MR) is 82.2 cm³/mol. The van der Waals surface area contributed by atoms with E-state index < -0.39 is 14.9 Å². The Morgan fingerprint density at radius 2 is 1.90 bits per heavy atom. The van der Waals surface area contributed by atoms with Gasteiger partial charge in [-0.1, -0.05) is 39.3 Å². The van der Waals surface area contributed by atoms with Crippen molar-refractivity contribution >= 4 is 38.6 Å². The fourth-order valence-electron chi connectivity index (χ4n) is 2.70. The van der Waals surface area contributed by atoms with Crippen LogP contribution in [0.5, 0.6) is 0 Å². The lowest BCUT2D eigenvalue weighted by molar-refractivity contribution is -0.384. The van der Waals surface area contributed by atoms with Crippen LogP contribution in [0.15, 0.2) is 10.3 Å². The zero-order valence-corrected chi connectivity index (χ0v) is 14.5. The van der Waals surface area contributed by atoms with E-state index in [2.05, 4.69) is 32.4 Å². The third-order valence-corrected chi connectivity index (χ3v) is 8.14. The minimum atomic E-state index is -3.77. The number of rotatable bonds is 5. The van der Waals surface area contributed by atoms with Gasteiger partial charge < -0.3 is 0 Å². The molecule has 6 nitrogen and oxygen atoms in total. The average Bonchev–Trinajstić information content (AvgIpc) is 2.63. The van der Waals surface area contributed by atoms with Gasteiger partial charge in [0.2, 0.25) is 10.0 Å². The van der Waals surface area contributed by atoms with Crippen molar-refractivity contribution in [3.63, 3.8) is 0 Å². The zero-order chi connectivity index (χ0) is 16.2. The first-order valence-electron chi connectivity index (χ1n) is 6.34. The Labute approximate surface area is 132 Å². The molecule has 0 amide bonds. The van der Waals surface area contributed by atoms with Crippen molar-refractivity contribution in [1.29, 1.82) is 0 Å². The Bertz CT molecular complexity index is 680. The van der Waals surface area contributed by atoms with Crippen LogP contribution in [0.25, 0.3) is 0 Å². The topological polar surface area (TPSA) is 89.3 Å². The molecule has 0 unspecified atom stereocenters. The molecule has 0 saturated heterocycles. The van der Waals surface area contributed by atoms with Crippen molar-refractivity contribution in [3.8, 4) is 0 Å². The molecule has 118 valence electrons. The van der Waals surface area contributed by atoms with Crippen molar-refractivity contribution in [3.05, 3.63) is 20.5 Å². The number of nitrogens with zero attached hydrogens (tertiary/aromatic N) is 1. The summed E-state index contributed by atoms with van der Waals surface area (Å²) >= 11 is 6.39. The highest BCUT2D eigenvalue weighted by atomic mass is 35.5. The van der Waals surface area contributed by atoms with E-state index in [0.717, 1.165) is 6.07 Å². The number of hydrogen-bond acceptors (Lipinski definition) is 5. The van der Waals surface area contributed by atoms with Crippen LogP contribution in [0.3, 0.4) is 0 Å². The lowest BCUT2D eigenvalue weighted by atomic mass is 10.0. The van der Waals surface area contributed by atoms with Crippen LogP contribution in [-0.2, 0) is 10.0 Å². The highest BCUT2D eigenvalue weighted by Gasteiger charge is 2.64. The van der Waals surface area contributed by atoms with E-state index in [4.69, 9.17) is 11.6 Å². The number of nitrogens with one attached hydrogen (secondary N) is 1. The van der Waals surface area contributed by atoms with Crippen LogP contribution < -0.4 is 4.72 Å². The Hall–Kier alpha value is -0.700. The summed E-state index contributed by atoms with van der Waals surface area (Å²) in [6.45, 7) is 8.70. The fraction of sp³-hybridized carbons (Fsp3) is 0.667. The SMILES string of the molecule is CC1(C)C(CNS(=O)(=O)c2cc([N+](=O)[O-])c(Cl)s2)C1(C)C. The van der Waals surface area contributed by atoms with Gasteiger partial charge in [0.25, 0.3) is 5.69 Å². The predicted octanol–water partition coefficient (Wildman–Crippen LogP) is 3.27. The van der Waals surface area contributed by atoms with E-state index in [0.29, 0.717) is 17.9 Å². The van der Waals surface area contributed by atoms with Gasteiger partial charge in [-0.15, -0.1) is 11.3 Å². The van der Waals surface area contributed by atoms with Gasteiger partial charge in [-0.3, -0.25) is 10.1 Å². The summed E-state index contributed by atoms with van der Waals surface area (Å²) < 4.78 is 26.7.